The molecule has 366 valence electrons. The molecule has 6 heteroatoms. The third kappa shape index (κ3) is 45.4. The van der Waals surface area contributed by atoms with Crippen molar-refractivity contribution >= 4 is 11.9 Å². The summed E-state index contributed by atoms with van der Waals surface area (Å²) >= 11 is 0. The van der Waals surface area contributed by atoms with Crippen molar-refractivity contribution in [2.24, 2.45) is 0 Å². The molecule has 0 aromatic carbocycles. The van der Waals surface area contributed by atoms with E-state index in [0.717, 1.165) is 103 Å². The van der Waals surface area contributed by atoms with Crippen LogP contribution < -0.4 is 5.32 Å². The van der Waals surface area contributed by atoms with Gasteiger partial charge in [-0.3, -0.25) is 9.59 Å². The van der Waals surface area contributed by atoms with Gasteiger partial charge < -0.3 is 20.3 Å². The highest BCUT2D eigenvalue weighted by molar-refractivity contribution is 5.77. The Balaban J connectivity index is 4.74. The van der Waals surface area contributed by atoms with Crippen molar-refractivity contribution in [3.8, 4) is 0 Å². The summed E-state index contributed by atoms with van der Waals surface area (Å²) in [7, 11) is 0. The van der Waals surface area contributed by atoms with Crippen molar-refractivity contribution in [1.29, 1.82) is 0 Å². The third-order valence-corrected chi connectivity index (χ3v) is 11.4. The third-order valence-electron chi connectivity index (χ3n) is 11.4. The number of carbonyl (C=O) groups excluding carboxylic acids is 2. The zero-order valence-electron chi connectivity index (χ0n) is 41.6. The largest absolute Gasteiger partial charge is 0.462 e. The van der Waals surface area contributed by atoms with Gasteiger partial charge >= 0.3 is 5.97 Å². The highest BCUT2D eigenvalue weighted by Crippen LogP contribution is 2.17. The van der Waals surface area contributed by atoms with Gasteiger partial charge in [-0.25, -0.2) is 0 Å². The second kappa shape index (κ2) is 50.8. The Hall–Kier alpha value is -3.22. The molecule has 0 radical (unpaired) electrons. The van der Waals surface area contributed by atoms with Crippen molar-refractivity contribution in [2.45, 2.75) is 251 Å². The number of rotatable bonds is 46. The minimum absolute atomic E-state index is 0.0329. The zero-order valence-corrected chi connectivity index (χ0v) is 41.6. The smallest absolute Gasteiger partial charge is 0.306 e. The molecule has 3 unspecified atom stereocenters. The summed E-state index contributed by atoms with van der Waals surface area (Å²) in [5.41, 5.74) is 0. The van der Waals surface area contributed by atoms with Crippen LogP contribution in [0.3, 0.4) is 0 Å². The molecule has 0 aromatic rings. The van der Waals surface area contributed by atoms with Crippen LogP contribution in [0.25, 0.3) is 0 Å². The molecular weight excluding hydrogens is 791 g/mol. The molecule has 0 saturated heterocycles. The first-order chi connectivity index (χ1) is 31.5. The van der Waals surface area contributed by atoms with Crippen LogP contribution in [0.4, 0.5) is 0 Å². The number of esters is 1. The summed E-state index contributed by atoms with van der Waals surface area (Å²) in [6.07, 6.45) is 67.6. The highest BCUT2D eigenvalue weighted by atomic mass is 16.5. The minimum Gasteiger partial charge on any atom is -0.462 e. The Morgan fingerprint density at radius 2 is 0.844 bits per heavy atom. The van der Waals surface area contributed by atoms with E-state index in [9.17, 15) is 19.8 Å². The number of aliphatic hydroxyl groups excluding tert-OH is 2. The van der Waals surface area contributed by atoms with Crippen molar-refractivity contribution in [2.75, 3.05) is 6.61 Å². The molecule has 0 spiro atoms. The predicted molar refractivity (Wildman–Crippen MR) is 277 cm³/mol. The normalized spacial score (nSPS) is 14.0. The molecule has 0 fully saturated rings. The SMILES string of the molecule is CC/C=C\C/C=C\C/C=C\C/C=C\C/C=C\C/C=C\CCC(=O)OC(CCCCCCC/C=C\C/C=C\CCCCC)CC(=O)NC(CO)C(O)CCCCCCCCCCCCC. The Bertz CT molecular complexity index is 1270. The molecule has 3 N–H and O–H groups in total. The van der Waals surface area contributed by atoms with Crippen LogP contribution in [0, 0.1) is 0 Å². The van der Waals surface area contributed by atoms with E-state index in [1.165, 1.54) is 77.0 Å². The van der Waals surface area contributed by atoms with Gasteiger partial charge in [-0.2, -0.15) is 0 Å². The van der Waals surface area contributed by atoms with Gasteiger partial charge in [0.15, 0.2) is 0 Å². The fourth-order valence-electron chi connectivity index (χ4n) is 7.43. The van der Waals surface area contributed by atoms with Crippen LogP contribution >= 0.6 is 0 Å². The molecule has 0 bridgehead atoms. The van der Waals surface area contributed by atoms with E-state index >= 15 is 0 Å². The molecule has 0 aliphatic rings. The standard InChI is InChI=1S/C58H99NO5/c1-4-7-10-13-16-19-22-24-26-27-28-29-31-33-36-39-42-45-48-51-58(63)64-54(49-46-43-40-37-35-32-30-25-23-20-17-14-11-8-5-2)52-57(62)59-55(53-60)56(61)50-47-44-41-38-34-21-18-15-12-9-6-3/h7,10,16-17,19-20,24-26,28-30,33,36,42,45,54-56,60-61H,4-6,8-9,11-15,18,21-23,27,31-32,34-35,37-41,43-44,46-53H2,1-3H3,(H,59,62)/b10-7-,19-16-,20-17-,26-24-,29-28-,30-25-,36-33-,45-42-. The number of amides is 1. The number of allylic oxidation sites excluding steroid dienone is 16. The van der Waals surface area contributed by atoms with E-state index in [-0.39, 0.29) is 31.3 Å². The second-order valence-electron chi connectivity index (χ2n) is 17.5. The summed E-state index contributed by atoms with van der Waals surface area (Å²) < 4.78 is 5.89. The van der Waals surface area contributed by atoms with Crippen molar-refractivity contribution in [3.63, 3.8) is 0 Å². The van der Waals surface area contributed by atoms with Gasteiger partial charge in [0.05, 0.1) is 25.2 Å². The summed E-state index contributed by atoms with van der Waals surface area (Å²) in [5, 5.41) is 23.7. The molecule has 0 saturated carbocycles. The maximum atomic E-state index is 13.2. The molecule has 3 atom stereocenters. The Kier molecular flexibility index (Phi) is 48.2. The van der Waals surface area contributed by atoms with Gasteiger partial charge in [-0.05, 0) is 96.3 Å². The van der Waals surface area contributed by atoms with E-state index in [0.29, 0.717) is 19.3 Å². The van der Waals surface area contributed by atoms with Crippen molar-refractivity contribution in [3.05, 3.63) is 97.2 Å². The summed E-state index contributed by atoms with van der Waals surface area (Å²) in [4.78, 5) is 26.1. The number of hydrogen-bond donors (Lipinski definition) is 3. The quantitative estimate of drug-likeness (QED) is 0.0321. The minimum atomic E-state index is -0.809. The van der Waals surface area contributed by atoms with Gasteiger partial charge in [-0.1, -0.05) is 221 Å². The van der Waals surface area contributed by atoms with Crippen LogP contribution in [0.5, 0.6) is 0 Å². The van der Waals surface area contributed by atoms with E-state index in [1.54, 1.807) is 0 Å². The fourth-order valence-corrected chi connectivity index (χ4v) is 7.43. The molecule has 0 aromatic heterocycles. The molecule has 0 aliphatic carbocycles. The lowest BCUT2D eigenvalue weighted by molar-refractivity contribution is -0.150. The lowest BCUT2D eigenvalue weighted by Crippen LogP contribution is -2.46. The van der Waals surface area contributed by atoms with E-state index in [1.807, 2.05) is 6.08 Å². The van der Waals surface area contributed by atoms with Gasteiger partial charge in [0.2, 0.25) is 5.91 Å². The van der Waals surface area contributed by atoms with Crippen molar-refractivity contribution in [1.82, 2.24) is 5.32 Å². The van der Waals surface area contributed by atoms with Crippen molar-refractivity contribution < 1.29 is 24.5 Å². The number of unbranched alkanes of at least 4 members (excludes halogenated alkanes) is 18. The highest BCUT2D eigenvalue weighted by Gasteiger charge is 2.24. The van der Waals surface area contributed by atoms with Gasteiger partial charge in [0.1, 0.15) is 6.10 Å². The maximum absolute atomic E-state index is 13.2. The second-order valence-corrected chi connectivity index (χ2v) is 17.5. The van der Waals surface area contributed by atoms with Gasteiger partial charge in [0.25, 0.3) is 0 Å². The fraction of sp³-hybridized carbons (Fsp3) is 0.690. The predicted octanol–water partition coefficient (Wildman–Crippen LogP) is 16.1. The lowest BCUT2D eigenvalue weighted by Gasteiger charge is -2.24. The maximum Gasteiger partial charge on any atom is 0.306 e. The molecular formula is C58H99NO5. The summed E-state index contributed by atoms with van der Waals surface area (Å²) in [6, 6.07) is -0.726. The Labute approximate surface area is 395 Å². The van der Waals surface area contributed by atoms with E-state index < -0.39 is 18.2 Å². The first-order valence-corrected chi connectivity index (χ1v) is 26.5. The van der Waals surface area contributed by atoms with Gasteiger partial charge in [-0.15, -0.1) is 0 Å². The molecule has 1 amide bonds. The molecule has 0 aliphatic heterocycles. The Morgan fingerprint density at radius 3 is 1.31 bits per heavy atom. The summed E-state index contributed by atoms with van der Waals surface area (Å²) in [6.45, 7) is 6.31. The van der Waals surface area contributed by atoms with E-state index in [2.05, 4.69) is 117 Å². The number of hydrogen-bond acceptors (Lipinski definition) is 5. The van der Waals surface area contributed by atoms with Crippen LogP contribution in [-0.4, -0.2) is 46.9 Å². The number of ether oxygens (including phenoxy) is 1. The average molecular weight is 890 g/mol. The first-order valence-electron chi connectivity index (χ1n) is 26.5. The summed E-state index contributed by atoms with van der Waals surface area (Å²) in [5.74, 6) is -0.593. The monoisotopic (exact) mass is 890 g/mol. The number of carbonyl (C=O) groups is 2. The number of aliphatic hydroxyl groups is 2. The van der Waals surface area contributed by atoms with Crippen LogP contribution in [0.2, 0.25) is 0 Å². The molecule has 64 heavy (non-hydrogen) atoms. The average Bonchev–Trinajstić information content (AvgIpc) is 3.29. The molecule has 0 heterocycles. The van der Waals surface area contributed by atoms with Crippen LogP contribution in [0.1, 0.15) is 233 Å². The van der Waals surface area contributed by atoms with E-state index in [4.69, 9.17) is 4.74 Å². The zero-order chi connectivity index (χ0) is 46.7. The Morgan fingerprint density at radius 1 is 0.469 bits per heavy atom. The molecule has 6 nitrogen and oxygen atoms in total. The molecule has 0 rings (SSSR count). The van der Waals surface area contributed by atoms with Crippen LogP contribution in [0.15, 0.2) is 97.2 Å². The first kappa shape index (κ1) is 60.8. The number of nitrogens with one attached hydrogen (secondary N) is 1. The van der Waals surface area contributed by atoms with Crippen LogP contribution in [-0.2, 0) is 14.3 Å². The van der Waals surface area contributed by atoms with Gasteiger partial charge in [0, 0.05) is 6.42 Å². The lowest BCUT2D eigenvalue weighted by atomic mass is 10.0. The topological polar surface area (TPSA) is 95.9 Å².